The van der Waals surface area contributed by atoms with E-state index in [1.165, 1.54) is 0 Å². The van der Waals surface area contributed by atoms with Crippen molar-refractivity contribution < 1.29 is 19.1 Å². The minimum absolute atomic E-state index is 0.0932. The molecule has 0 radical (unpaired) electrons. The van der Waals surface area contributed by atoms with Gasteiger partial charge in [-0.3, -0.25) is 9.59 Å². The smallest absolute Gasteiger partial charge is 0.258 e. The fraction of sp³-hybridized carbons (Fsp3) is 0.188. The third-order valence-corrected chi connectivity index (χ3v) is 2.88. The summed E-state index contributed by atoms with van der Waals surface area (Å²) in [6, 6.07) is 10.1. The molecule has 0 unspecified atom stereocenters. The van der Waals surface area contributed by atoms with Crippen molar-refractivity contribution in [2.45, 2.75) is 6.54 Å². The lowest BCUT2D eigenvalue weighted by Crippen LogP contribution is -2.28. The predicted molar refractivity (Wildman–Crippen MR) is 80.0 cm³/mol. The molecule has 1 N–H and O–H groups in total. The maximum Gasteiger partial charge on any atom is 0.258 e. The zero-order valence-electron chi connectivity index (χ0n) is 12.1. The first-order chi connectivity index (χ1) is 10.7. The molecule has 6 nitrogen and oxygen atoms in total. The molecule has 0 aliphatic carbocycles. The summed E-state index contributed by atoms with van der Waals surface area (Å²) in [4.78, 5) is 26.3. The van der Waals surface area contributed by atoms with Crippen LogP contribution in [0.15, 0.2) is 42.6 Å². The van der Waals surface area contributed by atoms with E-state index >= 15 is 0 Å². The molecule has 2 aromatic rings. The number of ether oxygens (including phenoxy) is 2. The maximum atomic E-state index is 11.7. The average molecular weight is 300 g/mol. The minimum Gasteiger partial charge on any atom is -0.484 e. The van der Waals surface area contributed by atoms with Gasteiger partial charge < -0.3 is 14.8 Å². The molecule has 0 spiro atoms. The highest BCUT2D eigenvalue weighted by molar-refractivity contribution is 5.77. The number of nitrogens with zero attached hydrogens (tertiary/aromatic N) is 1. The van der Waals surface area contributed by atoms with Gasteiger partial charge in [0.25, 0.3) is 5.91 Å². The lowest BCUT2D eigenvalue weighted by Gasteiger charge is -2.08. The quantitative estimate of drug-likeness (QED) is 0.786. The molecule has 6 heteroatoms. The van der Waals surface area contributed by atoms with Crippen molar-refractivity contribution in [1.82, 2.24) is 10.3 Å². The monoisotopic (exact) mass is 300 g/mol. The van der Waals surface area contributed by atoms with Crippen LogP contribution in [0.5, 0.6) is 11.6 Å². The van der Waals surface area contributed by atoms with Crippen LogP contribution >= 0.6 is 0 Å². The van der Waals surface area contributed by atoms with Crippen LogP contribution in [0.2, 0.25) is 0 Å². The number of benzene rings is 1. The van der Waals surface area contributed by atoms with Crippen molar-refractivity contribution >= 4 is 12.2 Å². The van der Waals surface area contributed by atoms with Gasteiger partial charge in [0, 0.05) is 24.4 Å². The third kappa shape index (κ3) is 4.59. The molecule has 1 heterocycles. The van der Waals surface area contributed by atoms with E-state index in [1.807, 2.05) is 6.07 Å². The van der Waals surface area contributed by atoms with Gasteiger partial charge in [0.05, 0.1) is 7.11 Å². The number of hydrogen-bond acceptors (Lipinski definition) is 5. The first kappa shape index (κ1) is 15.5. The molecule has 1 amide bonds. The molecule has 1 aromatic carbocycles. The number of aromatic nitrogens is 1. The first-order valence-electron chi connectivity index (χ1n) is 6.65. The molecule has 0 atom stereocenters. The lowest BCUT2D eigenvalue weighted by atomic mass is 10.2. The lowest BCUT2D eigenvalue weighted by molar-refractivity contribution is -0.123. The van der Waals surface area contributed by atoms with Crippen molar-refractivity contribution in [3.05, 3.63) is 53.7 Å². The molecule has 0 bridgehead atoms. The standard InChI is InChI=1S/C16H16N2O4/c1-21-16-7-4-13(9-18-16)8-17-15(20)11-22-14-5-2-12(10-19)3-6-14/h2-7,9-10H,8,11H2,1H3,(H,17,20). The zero-order chi connectivity index (χ0) is 15.8. The fourth-order valence-electron chi connectivity index (χ4n) is 1.68. The number of rotatable bonds is 7. The molecular formula is C16H16N2O4. The highest BCUT2D eigenvalue weighted by Gasteiger charge is 2.03. The number of methoxy groups -OCH3 is 1. The van der Waals surface area contributed by atoms with Crippen LogP contribution in [0.25, 0.3) is 0 Å². The number of nitrogens with one attached hydrogen (secondary N) is 1. The van der Waals surface area contributed by atoms with E-state index in [4.69, 9.17) is 9.47 Å². The van der Waals surface area contributed by atoms with Crippen molar-refractivity contribution in [2.24, 2.45) is 0 Å². The SMILES string of the molecule is COc1ccc(CNC(=O)COc2ccc(C=O)cc2)cn1. The summed E-state index contributed by atoms with van der Waals surface area (Å²) in [6.07, 6.45) is 2.39. The fourth-order valence-corrected chi connectivity index (χ4v) is 1.68. The van der Waals surface area contributed by atoms with Gasteiger partial charge in [-0.25, -0.2) is 4.98 Å². The molecule has 114 valence electrons. The van der Waals surface area contributed by atoms with Crippen LogP contribution in [-0.4, -0.2) is 30.9 Å². The molecular weight excluding hydrogens is 284 g/mol. The molecule has 0 fully saturated rings. The van der Waals surface area contributed by atoms with E-state index in [-0.39, 0.29) is 12.5 Å². The van der Waals surface area contributed by atoms with Gasteiger partial charge in [-0.05, 0) is 29.8 Å². The van der Waals surface area contributed by atoms with Crippen molar-refractivity contribution in [1.29, 1.82) is 0 Å². The number of hydrogen-bond donors (Lipinski definition) is 1. The Kier molecular flexibility index (Phi) is 5.48. The van der Waals surface area contributed by atoms with Gasteiger partial charge in [-0.1, -0.05) is 6.07 Å². The number of carbonyl (C=O) groups is 2. The summed E-state index contributed by atoms with van der Waals surface area (Å²) in [6.45, 7) is 0.271. The van der Waals surface area contributed by atoms with Crippen LogP contribution in [0.3, 0.4) is 0 Å². The van der Waals surface area contributed by atoms with E-state index in [2.05, 4.69) is 10.3 Å². The van der Waals surface area contributed by atoms with Gasteiger partial charge in [0.15, 0.2) is 6.61 Å². The maximum absolute atomic E-state index is 11.7. The van der Waals surface area contributed by atoms with Crippen molar-refractivity contribution in [2.75, 3.05) is 13.7 Å². The number of amides is 1. The van der Waals surface area contributed by atoms with Gasteiger partial charge in [0.1, 0.15) is 12.0 Å². The van der Waals surface area contributed by atoms with E-state index in [0.29, 0.717) is 23.7 Å². The van der Waals surface area contributed by atoms with Crippen molar-refractivity contribution in [3.63, 3.8) is 0 Å². The summed E-state index contributed by atoms with van der Waals surface area (Å²) in [5, 5.41) is 2.73. The summed E-state index contributed by atoms with van der Waals surface area (Å²) < 4.78 is 10.3. The number of pyridine rings is 1. The Morgan fingerprint density at radius 2 is 2.00 bits per heavy atom. The largest absolute Gasteiger partial charge is 0.484 e. The second kappa shape index (κ2) is 7.78. The Bertz CT molecular complexity index is 624. The van der Waals surface area contributed by atoms with Crippen LogP contribution in [0.4, 0.5) is 0 Å². The van der Waals surface area contributed by atoms with E-state index in [0.717, 1.165) is 11.8 Å². The Morgan fingerprint density at radius 3 is 2.59 bits per heavy atom. The summed E-state index contributed by atoms with van der Waals surface area (Å²) in [7, 11) is 1.54. The zero-order valence-corrected chi connectivity index (χ0v) is 12.1. The summed E-state index contributed by atoms with van der Waals surface area (Å²) >= 11 is 0. The number of aldehydes is 1. The minimum atomic E-state index is -0.240. The predicted octanol–water partition coefficient (Wildman–Crippen LogP) is 1.60. The second-order valence-corrected chi connectivity index (χ2v) is 4.46. The van der Waals surface area contributed by atoms with Crippen LogP contribution in [-0.2, 0) is 11.3 Å². The first-order valence-corrected chi connectivity index (χ1v) is 6.65. The Morgan fingerprint density at radius 1 is 1.23 bits per heavy atom. The highest BCUT2D eigenvalue weighted by atomic mass is 16.5. The van der Waals surface area contributed by atoms with E-state index in [1.54, 1.807) is 43.6 Å². The van der Waals surface area contributed by atoms with Crippen molar-refractivity contribution in [3.8, 4) is 11.6 Å². The van der Waals surface area contributed by atoms with Crippen LogP contribution in [0.1, 0.15) is 15.9 Å². The Hall–Kier alpha value is -2.89. The van der Waals surface area contributed by atoms with Crippen LogP contribution < -0.4 is 14.8 Å². The van der Waals surface area contributed by atoms with Gasteiger partial charge >= 0.3 is 0 Å². The van der Waals surface area contributed by atoms with E-state index in [9.17, 15) is 9.59 Å². The van der Waals surface area contributed by atoms with Gasteiger partial charge in [0.2, 0.25) is 5.88 Å². The van der Waals surface area contributed by atoms with E-state index < -0.39 is 0 Å². The highest BCUT2D eigenvalue weighted by Crippen LogP contribution is 2.11. The molecule has 0 aliphatic rings. The molecule has 2 rings (SSSR count). The normalized spacial score (nSPS) is 9.86. The Labute approximate surface area is 128 Å². The topological polar surface area (TPSA) is 77.5 Å². The summed E-state index contributed by atoms with van der Waals surface area (Å²) in [5.74, 6) is 0.819. The van der Waals surface area contributed by atoms with Gasteiger partial charge in [-0.2, -0.15) is 0 Å². The molecule has 0 aliphatic heterocycles. The average Bonchev–Trinajstić information content (AvgIpc) is 2.59. The van der Waals surface area contributed by atoms with Gasteiger partial charge in [-0.15, -0.1) is 0 Å². The number of carbonyl (C=O) groups excluding carboxylic acids is 2. The second-order valence-electron chi connectivity index (χ2n) is 4.46. The third-order valence-electron chi connectivity index (χ3n) is 2.88. The summed E-state index contributed by atoms with van der Waals surface area (Å²) in [5.41, 5.74) is 1.42. The molecule has 1 aromatic heterocycles. The Balaban J connectivity index is 1.75. The molecule has 22 heavy (non-hydrogen) atoms. The molecule has 0 saturated heterocycles. The molecule has 0 saturated carbocycles. The van der Waals surface area contributed by atoms with Crippen LogP contribution in [0, 0.1) is 0 Å².